The van der Waals surface area contributed by atoms with E-state index in [0.717, 1.165) is 40.1 Å². The minimum absolute atomic E-state index is 0. The molecule has 3 aromatic heterocycles. The fourth-order valence-electron chi connectivity index (χ4n) is 8.47. The molecule has 0 atom stereocenters. The quantitative estimate of drug-likeness (QED) is 0.101. The number of hydrogen-bond acceptors (Lipinski definition) is 3. The molecular formula is C57H57GeIrN3S-2. The van der Waals surface area contributed by atoms with E-state index in [9.17, 15) is 0 Å². The molecule has 3 heterocycles. The van der Waals surface area contributed by atoms with Crippen LogP contribution < -0.4 is 4.40 Å². The van der Waals surface area contributed by atoms with Crippen molar-refractivity contribution in [2.24, 2.45) is 5.92 Å². The van der Waals surface area contributed by atoms with E-state index in [-0.39, 0.29) is 20.1 Å². The molecule has 0 unspecified atom stereocenters. The molecule has 0 N–H and O–H groups in total. The number of rotatable bonds is 10. The van der Waals surface area contributed by atoms with Crippen molar-refractivity contribution < 1.29 is 20.1 Å². The maximum absolute atomic E-state index is 5.28. The molecule has 9 aromatic rings. The smallest absolute Gasteiger partial charge is 0.0774 e. The third-order valence-electron chi connectivity index (χ3n) is 11.6. The van der Waals surface area contributed by atoms with Crippen LogP contribution in [0.4, 0.5) is 0 Å². The Hall–Kier alpha value is -4.91. The fourth-order valence-corrected chi connectivity index (χ4v) is 12.7. The van der Waals surface area contributed by atoms with Crippen LogP contribution in [0.3, 0.4) is 0 Å². The van der Waals surface area contributed by atoms with Crippen molar-refractivity contribution in [2.45, 2.75) is 77.1 Å². The van der Waals surface area contributed by atoms with E-state index >= 15 is 0 Å². The topological polar surface area (TPSA) is 30.7 Å². The predicted molar refractivity (Wildman–Crippen MR) is 270 cm³/mol. The maximum Gasteiger partial charge on any atom is 0.0774 e. The van der Waals surface area contributed by atoms with Gasteiger partial charge in [0.05, 0.1) is 16.9 Å². The van der Waals surface area contributed by atoms with E-state index in [1.165, 1.54) is 54.7 Å². The van der Waals surface area contributed by atoms with E-state index in [2.05, 4.69) is 208 Å². The van der Waals surface area contributed by atoms with Crippen molar-refractivity contribution in [2.75, 3.05) is 0 Å². The Bertz CT molecular complexity index is 2910. The molecule has 0 aliphatic rings. The van der Waals surface area contributed by atoms with Gasteiger partial charge in [0.15, 0.2) is 0 Å². The first-order chi connectivity index (χ1) is 29.9. The maximum atomic E-state index is 5.28. The summed E-state index contributed by atoms with van der Waals surface area (Å²) in [6.45, 7) is 13.8. The molecule has 63 heavy (non-hydrogen) atoms. The normalized spacial score (nSPS) is 11.6. The summed E-state index contributed by atoms with van der Waals surface area (Å²) >= 11 is -0.184. The van der Waals surface area contributed by atoms with Crippen molar-refractivity contribution in [3.05, 3.63) is 180 Å². The van der Waals surface area contributed by atoms with Gasteiger partial charge in [-0.3, -0.25) is 16.3 Å². The summed E-state index contributed by atoms with van der Waals surface area (Å²) in [5.41, 5.74) is 15.7. The van der Waals surface area contributed by atoms with Gasteiger partial charge in [-0.05, 0) is 69.5 Å². The number of benzene rings is 6. The zero-order chi connectivity index (χ0) is 43.5. The molecule has 0 saturated carbocycles. The SMILES string of the molecule is CC(C)Cc1cc(-c2[c-]cccc2)nc[c]1[Ge]([CH3])([CH3])[CH3].CC(C)c1cc(-c2ccccc2)cc(C(C)C)c1-n1c(-c2[c-]sc3cc(-c4ccccc4)ccc23)nc2ccccc21.[Ir]. The zero-order valence-electron chi connectivity index (χ0n) is 38.0. The Morgan fingerprint density at radius 2 is 1.27 bits per heavy atom. The molecule has 321 valence electrons. The van der Waals surface area contributed by atoms with E-state index < -0.39 is 13.3 Å². The molecule has 0 spiro atoms. The second-order valence-electron chi connectivity index (χ2n) is 18.4. The predicted octanol–water partition coefficient (Wildman–Crippen LogP) is 15.6. The van der Waals surface area contributed by atoms with Gasteiger partial charge >= 0.3 is 126 Å². The third-order valence-corrected chi connectivity index (χ3v) is 16.8. The largest absolute Gasteiger partial charge is 0.333 e. The van der Waals surface area contributed by atoms with Crippen LogP contribution in [0.5, 0.6) is 0 Å². The number of nitrogens with zero attached hydrogens (tertiary/aromatic N) is 3. The van der Waals surface area contributed by atoms with Crippen LogP contribution in [0.1, 0.15) is 70.1 Å². The van der Waals surface area contributed by atoms with Crippen molar-refractivity contribution in [1.29, 1.82) is 0 Å². The van der Waals surface area contributed by atoms with Crippen LogP contribution in [0, 0.1) is 17.4 Å². The van der Waals surface area contributed by atoms with Crippen molar-refractivity contribution in [3.63, 3.8) is 0 Å². The molecule has 6 heteroatoms. The molecule has 0 aliphatic carbocycles. The van der Waals surface area contributed by atoms with Crippen LogP contribution in [-0.4, -0.2) is 27.8 Å². The fraction of sp³-hybridized carbons (Fsp3) is 0.228. The van der Waals surface area contributed by atoms with Crippen molar-refractivity contribution in [3.8, 4) is 50.6 Å². The van der Waals surface area contributed by atoms with Crippen LogP contribution in [-0.2, 0) is 26.5 Å². The molecule has 0 saturated heterocycles. The minimum Gasteiger partial charge on any atom is -0.333 e. The summed E-state index contributed by atoms with van der Waals surface area (Å²) < 4.78 is 5.17. The monoisotopic (exact) mass is 1080 g/mol. The summed E-state index contributed by atoms with van der Waals surface area (Å²) in [6, 6.07) is 55.0. The van der Waals surface area contributed by atoms with Gasteiger partial charge in [0.2, 0.25) is 0 Å². The Labute approximate surface area is 395 Å². The van der Waals surface area contributed by atoms with E-state index in [4.69, 9.17) is 9.97 Å². The van der Waals surface area contributed by atoms with E-state index in [0.29, 0.717) is 17.8 Å². The number of hydrogen-bond donors (Lipinski definition) is 0. The summed E-state index contributed by atoms with van der Waals surface area (Å²) in [4.78, 5) is 9.98. The second kappa shape index (κ2) is 19.9. The first-order valence-electron chi connectivity index (χ1n) is 22.0. The standard InChI is InChI=1S/C39H33N2S.C18H24GeN.Ir/c1-25(2)32-21-30(28-15-9-6-10-16-28)22-33(26(3)4)38(32)41-36-18-12-11-17-35(36)40-39(41)34-24-42-37-23-29(19-20-31(34)37)27-13-7-5-8-14-27;1-14(2)11-16-12-18(15-9-7-6-8-10-15)20-13-17(16)19(3,4)5;/h5-23,25-26H,1-4H3;6-9,12-14H,11H2,1-5H3;/q2*-1;. The molecule has 0 fully saturated rings. The van der Waals surface area contributed by atoms with Crippen LogP contribution in [0.15, 0.2) is 152 Å². The van der Waals surface area contributed by atoms with Gasteiger partial charge in [0, 0.05) is 25.8 Å². The average molecular weight is 1080 g/mol. The van der Waals surface area contributed by atoms with Crippen LogP contribution >= 0.6 is 11.3 Å². The summed E-state index contributed by atoms with van der Waals surface area (Å²) in [7, 11) is 0. The van der Waals surface area contributed by atoms with Gasteiger partial charge in [-0.25, -0.2) is 0 Å². The average Bonchev–Trinajstić information content (AvgIpc) is 3.87. The number of aromatic nitrogens is 3. The summed E-state index contributed by atoms with van der Waals surface area (Å²) in [6.07, 6.45) is 3.27. The molecule has 3 nitrogen and oxygen atoms in total. The van der Waals surface area contributed by atoms with Crippen molar-refractivity contribution in [1.82, 2.24) is 14.5 Å². The number of thiophene rings is 1. The van der Waals surface area contributed by atoms with Crippen molar-refractivity contribution >= 4 is 50.1 Å². The summed E-state index contributed by atoms with van der Waals surface area (Å²) in [5.74, 6) is 9.60. The molecule has 1 radical (unpaired) electrons. The summed E-state index contributed by atoms with van der Waals surface area (Å²) in [5, 5.41) is 4.86. The molecule has 0 amide bonds. The number of pyridine rings is 1. The number of para-hydroxylation sites is 2. The van der Waals surface area contributed by atoms with E-state index in [1.54, 1.807) is 15.7 Å². The van der Waals surface area contributed by atoms with Gasteiger partial charge in [-0.1, -0.05) is 128 Å². The molecule has 6 aromatic carbocycles. The molecular weight excluding hydrogens is 1020 g/mol. The molecule has 9 rings (SSSR count). The van der Waals surface area contributed by atoms with Gasteiger partial charge in [-0.15, -0.1) is 11.5 Å². The van der Waals surface area contributed by atoms with Gasteiger partial charge in [0.25, 0.3) is 0 Å². The van der Waals surface area contributed by atoms with Gasteiger partial charge < -0.3 is 4.57 Å². The molecule has 0 aliphatic heterocycles. The molecule has 0 bridgehead atoms. The Morgan fingerprint density at radius 3 is 1.87 bits per heavy atom. The minimum atomic E-state index is -1.86. The number of imidazole rings is 1. The third kappa shape index (κ3) is 10.1. The van der Waals surface area contributed by atoms with Crippen LogP contribution in [0.2, 0.25) is 17.3 Å². The Balaban J connectivity index is 0.000000239. The first kappa shape index (κ1) is 46.1. The Morgan fingerprint density at radius 1 is 0.651 bits per heavy atom. The van der Waals surface area contributed by atoms with Gasteiger partial charge in [-0.2, -0.15) is 0 Å². The number of fused-ring (bicyclic) bond motifs is 2. The van der Waals surface area contributed by atoms with Gasteiger partial charge in [0.1, 0.15) is 0 Å². The Kier molecular flexibility index (Phi) is 14.5. The zero-order valence-corrected chi connectivity index (χ0v) is 43.3. The first-order valence-corrected chi connectivity index (χ1v) is 30.2. The second-order valence-corrected chi connectivity index (χ2v) is 29.9. The van der Waals surface area contributed by atoms with Crippen LogP contribution in [0.25, 0.3) is 71.7 Å². The van der Waals surface area contributed by atoms with E-state index in [1.807, 2.05) is 18.2 Å².